The van der Waals surface area contributed by atoms with Gasteiger partial charge in [-0.15, -0.1) is 0 Å². The van der Waals surface area contributed by atoms with Crippen molar-refractivity contribution in [1.82, 2.24) is 0 Å². The molecule has 0 aliphatic carbocycles. The van der Waals surface area contributed by atoms with Gasteiger partial charge in [0.15, 0.2) is 0 Å². The Morgan fingerprint density at radius 3 is 2.43 bits per heavy atom. The van der Waals surface area contributed by atoms with Gasteiger partial charge in [0.25, 0.3) is 0 Å². The Bertz CT molecular complexity index is 626. The summed E-state index contributed by atoms with van der Waals surface area (Å²) in [6.45, 7) is 2.72. The number of unbranched alkanes of at least 4 members (excludes halogenated alkanes) is 1. The van der Waals surface area contributed by atoms with Crippen LogP contribution in [-0.4, -0.2) is 12.5 Å². The lowest BCUT2D eigenvalue weighted by atomic mass is 10.1. The van der Waals surface area contributed by atoms with Crippen molar-refractivity contribution >= 4 is 17.3 Å². The molecule has 0 aromatic heterocycles. The summed E-state index contributed by atoms with van der Waals surface area (Å²) in [5.41, 5.74) is 2.46. The van der Waals surface area contributed by atoms with E-state index >= 15 is 0 Å². The summed E-state index contributed by atoms with van der Waals surface area (Å²) in [6, 6.07) is 14.4. The van der Waals surface area contributed by atoms with Gasteiger partial charge in [-0.05, 0) is 48.7 Å². The topological polar surface area (TPSA) is 41.1 Å². The molecule has 4 heteroatoms. The largest absolute Gasteiger partial charge is 0.385 e. The number of benzene rings is 2. The van der Waals surface area contributed by atoms with Gasteiger partial charge in [0.2, 0.25) is 5.91 Å². The van der Waals surface area contributed by atoms with Crippen molar-refractivity contribution < 1.29 is 9.18 Å². The number of hydrogen-bond acceptors (Lipinski definition) is 2. The van der Waals surface area contributed by atoms with Crippen LogP contribution in [-0.2, 0) is 11.2 Å². The zero-order valence-corrected chi connectivity index (χ0v) is 13.4. The van der Waals surface area contributed by atoms with Gasteiger partial charge in [0, 0.05) is 24.3 Å². The zero-order chi connectivity index (χ0) is 16.5. The van der Waals surface area contributed by atoms with Crippen molar-refractivity contribution in [3.63, 3.8) is 0 Å². The van der Waals surface area contributed by atoms with E-state index in [-0.39, 0.29) is 11.7 Å². The molecule has 2 N–H and O–H groups in total. The maximum atomic E-state index is 13.5. The van der Waals surface area contributed by atoms with E-state index in [4.69, 9.17) is 0 Å². The van der Waals surface area contributed by atoms with Crippen molar-refractivity contribution in [1.29, 1.82) is 0 Å². The first-order valence-corrected chi connectivity index (χ1v) is 8.06. The maximum absolute atomic E-state index is 13.5. The molecule has 23 heavy (non-hydrogen) atoms. The molecule has 0 saturated heterocycles. The minimum atomic E-state index is -0.167. The summed E-state index contributed by atoms with van der Waals surface area (Å²) in [5, 5.41) is 6.13. The molecule has 0 fully saturated rings. The number of amides is 1. The van der Waals surface area contributed by atoms with Crippen LogP contribution >= 0.6 is 0 Å². The van der Waals surface area contributed by atoms with Crippen molar-refractivity contribution in [3.8, 4) is 0 Å². The van der Waals surface area contributed by atoms with Gasteiger partial charge >= 0.3 is 0 Å². The Morgan fingerprint density at radius 2 is 1.74 bits per heavy atom. The SMILES string of the molecule is CCCCC(=O)Nc1ccc(NCCc2ccccc2F)cc1. The summed E-state index contributed by atoms with van der Waals surface area (Å²) >= 11 is 0. The zero-order valence-electron chi connectivity index (χ0n) is 13.4. The Balaban J connectivity index is 1.79. The monoisotopic (exact) mass is 314 g/mol. The Kier molecular flexibility index (Phi) is 6.60. The van der Waals surface area contributed by atoms with Gasteiger partial charge in [-0.1, -0.05) is 31.5 Å². The number of anilines is 2. The molecule has 0 atom stereocenters. The fraction of sp³-hybridized carbons (Fsp3) is 0.316. The molecule has 2 aromatic carbocycles. The molecule has 3 nitrogen and oxygen atoms in total. The molecule has 2 aromatic rings. The van der Waals surface area contributed by atoms with Crippen molar-refractivity contribution in [3.05, 3.63) is 59.9 Å². The predicted molar refractivity (Wildman–Crippen MR) is 93.2 cm³/mol. The Hall–Kier alpha value is -2.36. The van der Waals surface area contributed by atoms with Crippen molar-refractivity contribution in [2.75, 3.05) is 17.2 Å². The molecule has 0 unspecified atom stereocenters. The minimum absolute atomic E-state index is 0.0483. The van der Waals surface area contributed by atoms with Gasteiger partial charge in [-0.3, -0.25) is 4.79 Å². The second kappa shape index (κ2) is 8.93. The maximum Gasteiger partial charge on any atom is 0.224 e. The lowest BCUT2D eigenvalue weighted by molar-refractivity contribution is -0.116. The summed E-state index contributed by atoms with van der Waals surface area (Å²) in [7, 11) is 0. The van der Waals surface area contributed by atoms with E-state index in [1.165, 1.54) is 6.07 Å². The standard InChI is InChI=1S/C19H23FN2O/c1-2-3-8-19(23)22-17-11-9-16(10-12-17)21-14-13-15-6-4-5-7-18(15)20/h4-7,9-12,21H,2-3,8,13-14H2,1H3,(H,22,23). The number of halogens is 1. The average molecular weight is 314 g/mol. The normalized spacial score (nSPS) is 10.3. The summed E-state index contributed by atoms with van der Waals surface area (Å²) in [6.07, 6.45) is 3.10. The number of carbonyl (C=O) groups is 1. The Morgan fingerprint density at radius 1 is 1.04 bits per heavy atom. The fourth-order valence-corrected chi connectivity index (χ4v) is 2.27. The number of hydrogen-bond donors (Lipinski definition) is 2. The highest BCUT2D eigenvalue weighted by Crippen LogP contribution is 2.15. The van der Waals surface area contributed by atoms with Gasteiger partial charge in [0.05, 0.1) is 0 Å². The van der Waals surface area contributed by atoms with E-state index in [0.717, 1.165) is 24.2 Å². The molecule has 0 spiro atoms. The predicted octanol–water partition coefficient (Wildman–Crippen LogP) is 4.61. The highest BCUT2D eigenvalue weighted by molar-refractivity contribution is 5.90. The van der Waals surface area contributed by atoms with Crippen LogP contribution in [0.4, 0.5) is 15.8 Å². The fourth-order valence-electron chi connectivity index (χ4n) is 2.27. The lowest BCUT2D eigenvalue weighted by Gasteiger charge is -2.09. The molecule has 0 radical (unpaired) electrons. The first-order valence-electron chi connectivity index (χ1n) is 8.06. The third-order valence-electron chi connectivity index (χ3n) is 3.61. The minimum Gasteiger partial charge on any atom is -0.385 e. The summed E-state index contributed by atoms with van der Waals surface area (Å²) in [5.74, 6) is -0.119. The molecule has 0 aliphatic rings. The van der Waals surface area contributed by atoms with Crippen LogP contribution in [0, 0.1) is 5.82 Å². The van der Waals surface area contributed by atoms with Crippen LogP contribution < -0.4 is 10.6 Å². The van der Waals surface area contributed by atoms with E-state index in [0.29, 0.717) is 24.9 Å². The molecule has 0 saturated carbocycles. The lowest BCUT2D eigenvalue weighted by Crippen LogP contribution is -2.11. The molecule has 2 rings (SSSR count). The number of nitrogens with one attached hydrogen (secondary N) is 2. The van der Waals surface area contributed by atoms with E-state index in [1.807, 2.05) is 30.3 Å². The first-order chi connectivity index (χ1) is 11.2. The smallest absolute Gasteiger partial charge is 0.224 e. The third-order valence-corrected chi connectivity index (χ3v) is 3.61. The van der Waals surface area contributed by atoms with E-state index in [2.05, 4.69) is 17.6 Å². The molecule has 0 bridgehead atoms. The van der Waals surface area contributed by atoms with Crippen LogP contribution in [0.15, 0.2) is 48.5 Å². The van der Waals surface area contributed by atoms with Crippen LogP contribution in [0.25, 0.3) is 0 Å². The molecule has 122 valence electrons. The molecule has 0 aliphatic heterocycles. The molecule has 1 amide bonds. The quantitative estimate of drug-likeness (QED) is 0.747. The average Bonchev–Trinajstić information content (AvgIpc) is 2.56. The van der Waals surface area contributed by atoms with E-state index < -0.39 is 0 Å². The second-order valence-electron chi connectivity index (χ2n) is 5.50. The van der Waals surface area contributed by atoms with Crippen LogP contribution in [0.1, 0.15) is 31.7 Å². The van der Waals surface area contributed by atoms with Crippen LogP contribution in [0.5, 0.6) is 0 Å². The van der Waals surface area contributed by atoms with Gasteiger partial charge in [-0.2, -0.15) is 0 Å². The highest BCUT2D eigenvalue weighted by atomic mass is 19.1. The van der Waals surface area contributed by atoms with E-state index in [9.17, 15) is 9.18 Å². The Labute approximate surface area is 136 Å². The van der Waals surface area contributed by atoms with Gasteiger partial charge in [0.1, 0.15) is 5.82 Å². The van der Waals surface area contributed by atoms with Crippen LogP contribution in [0.3, 0.4) is 0 Å². The van der Waals surface area contributed by atoms with Crippen molar-refractivity contribution in [2.45, 2.75) is 32.6 Å². The molecule has 0 heterocycles. The van der Waals surface area contributed by atoms with Gasteiger partial charge in [-0.25, -0.2) is 4.39 Å². The number of carbonyl (C=O) groups excluding carboxylic acids is 1. The number of rotatable bonds is 8. The summed E-state index contributed by atoms with van der Waals surface area (Å²) < 4.78 is 13.5. The molecular weight excluding hydrogens is 291 g/mol. The highest BCUT2D eigenvalue weighted by Gasteiger charge is 2.02. The summed E-state index contributed by atoms with van der Waals surface area (Å²) in [4.78, 5) is 11.7. The second-order valence-corrected chi connectivity index (χ2v) is 5.50. The third kappa shape index (κ3) is 5.74. The van der Waals surface area contributed by atoms with Crippen LogP contribution in [0.2, 0.25) is 0 Å². The van der Waals surface area contributed by atoms with Crippen molar-refractivity contribution in [2.24, 2.45) is 0 Å². The first kappa shape index (κ1) is 17.0. The molecular formula is C19H23FN2O. The van der Waals surface area contributed by atoms with Gasteiger partial charge < -0.3 is 10.6 Å². The van der Waals surface area contributed by atoms with E-state index in [1.54, 1.807) is 12.1 Å².